The molecule has 0 bridgehead atoms. The van der Waals surface area contributed by atoms with E-state index in [9.17, 15) is 4.79 Å². The molecular formula is C7H14NOS+. The molecule has 1 rings (SSSR count). The van der Waals surface area contributed by atoms with Gasteiger partial charge < -0.3 is 4.48 Å². The predicted octanol–water partition coefficient (Wildman–Crippen LogP) is 0.725. The van der Waals surface area contributed by atoms with Crippen LogP contribution in [0.15, 0.2) is 0 Å². The van der Waals surface area contributed by atoms with Gasteiger partial charge in [-0.05, 0) is 0 Å². The number of thioether (sulfide) groups is 1. The average Bonchev–Trinajstić information content (AvgIpc) is 2.11. The van der Waals surface area contributed by atoms with Gasteiger partial charge in [-0.25, -0.2) is 0 Å². The number of quaternary nitrogens is 1. The first kappa shape index (κ1) is 8.08. The largest absolute Gasteiger partial charge is 0.322 e. The topological polar surface area (TPSA) is 17.1 Å². The van der Waals surface area contributed by atoms with Crippen LogP contribution in [-0.2, 0) is 4.79 Å². The molecule has 0 aromatic carbocycles. The third-order valence-corrected chi connectivity index (χ3v) is 2.84. The summed E-state index contributed by atoms with van der Waals surface area (Å²) in [5, 5.41) is 0.368. The van der Waals surface area contributed by atoms with E-state index < -0.39 is 0 Å². The molecule has 0 aromatic rings. The SMILES string of the molecule is C[N+](C)(C)C1CCSC1=O. The molecule has 0 aromatic heterocycles. The monoisotopic (exact) mass is 160 g/mol. The molecule has 10 heavy (non-hydrogen) atoms. The maximum Gasteiger partial charge on any atom is 0.246 e. The van der Waals surface area contributed by atoms with Gasteiger partial charge in [-0.15, -0.1) is 0 Å². The number of nitrogens with zero attached hydrogens (tertiary/aromatic N) is 1. The zero-order valence-electron chi connectivity index (χ0n) is 6.76. The van der Waals surface area contributed by atoms with E-state index >= 15 is 0 Å². The van der Waals surface area contributed by atoms with Crippen LogP contribution in [0.4, 0.5) is 0 Å². The molecule has 0 aliphatic carbocycles. The molecule has 1 saturated heterocycles. The van der Waals surface area contributed by atoms with Crippen molar-refractivity contribution in [3.8, 4) is 0 Å². The first-order chi connectivity index (χ1) is 4.52. The number of carbonyl (C=O) groups excluding carboxylic acids is 1. The highest BCUT2D eigenvalue weighted by Crippen LogP contribution is 2.25. The van der Waals surface area contributed by atoms with E-state index in [-0.39, 0.29) is 6.04 Å². The van der Waals surface area contributed by atoms with Crippen LogP contribution in [0.5, 0.6) is 0 Å². The van der Waals surface area contributed by atoms with E-state index in [1.807, 2.05) is 0 Å². The van der Waals surface area contributed by atoms with Crippen molar-refractivity contribution in [1.82, 2.24) is 0 Å². The van der Waals surface area contributed by atoms with Crippen LogP contribution < -0.4 is 0 Å². The van der Waals surface area contributed by atoms with Gasteiger partial charge >= 0.3 is 0 Å². The zero-order chi connectivity index (χ0) is 7.78. The van der Waals surface area contributed by atoms with Gasteiger partial charge in [0.2, 0.25) is 5.12 Å². The number of carbonyl (C=O) groups is 1. The lowest BCUT2D eigenvalue weighted by Gasteiger charge is -2.29. The molecule has 0 amide bonds. The Labute approximate surface area is 66.2 Å². The number of hydrogen-bond donors (Lipinski definition) is 0. The highest BCUT2D eigenvalue weighted by Gasteiger charge is 2.35. The minimum absolute atomic E-state index is 0.241. The summed E-state index contributed by atoms with van der Waals surface area (Å²) in [5.41, 5.74) is 0. The molecule has 1 unspecified atom stereocenters. The second-order valence-corrected chi connectivity index (χ2v) is 4.69. The zero-order valence-corrected chi connectivity index (χ0v) is 7.57. The van der Waals surface area contributed by atoms with E-state index in [0.29, 0.717) is 5.12 Å². The quantitative estimate of drug-likeness (QED) is 0.526. The maximum absolute atomic E-state index is 11.2. The molecule has 3 heteroatoms. The van der Waals surface area contributed by atoms with Gasteiger partial charge in [0.15, 0.2) is 6.04 Å². The lowest BCUT2D eigenvalue weighted by atomic mass is 10.2. The molecule has 1 heterocycles. The molecule has 58 valence electrons. The summed E-state index contributed by atoms with van der Waals surface area (Å²) in [6, 6.07) is 0.241. The van der Waals surface area contributed by atoms with Gasteiger partial charge in [-0.1, -0.05) is 11.8 Å². The Balaban J connectivity index is 2.64. The Morgan fingerprint density at radius 2 is 2.10 bits per heavy atom. The highest BCUT2D eigenvalue weighted by atomic mass is 32.2. The fourth-order valence-electron chi connectivity index (χ4n) is 1.19. The molecule has 0 radical (unpaired) electrons. The molecule has 2 nitrogen and oxygen atoms in total. The third kappa shape index (κ3) is 1.52. The summed E-state index contributed by atoms with van der Waals surface area (Å²) in [4.78, 5) is 11.2. The van der Waals surface area contributed by atoms with Gasteiger partial charge in [0.1, 0.15) is 0 Å². The Kier molecular flexibility index (Phi) is 2.06. The van der Waals surface area contributed by atoms with Gasteiger partial charge in [-0.3, -0.25) is 4.79 Å². The van der Waals surface area contributed by atoms with Crippen LogP contribution >= 0.6 is 11.8 Å². The normalized spacial score (nSPS) is 27.5. The maximum atomic E-state index is 11.2. The molecule has 0 spiro atoms. The van der Waals surface area contributed by atoms with Crippen molar-refractivity contribution in [3.05, 3.63) is 0 Å². The first-order valence-corrected chi connectivity index (χ1v) is 4.48. The number of likely N-dealkylation sites (N-methyl/N-ethyl adjacent to an activating group) is 1. The van der Waals surface area contributed by atoms with Crippen molar-refractivity contribution in [2.24, 2.45) is 0 Å². The summed E-state index contributed by atoms with van der Waals surface area (Å²) < 4.78 is 0.784. The van der Waals surface area contributed by atoms with Crippen molar-refractivity contribution >= 4 is 16.9 Å². The summed E-state index contributed by atoms with van der Waals surface area (Å²) in [7, 11) is 6.23. The minimum atomic E-state index is 0.241. The fourth-order valence-corrected chi connectivity index (χ4v) is 2.36. The van der Waals surface area contributed by atoms with Crippen molar-refractivity contribution in [2.45, 2.75) is 12.5 Å². The smallest absolute Gasteiger partial charge is 0.246 e. The highest BCUT2D eigenvalue weighted by molar-refractivity contribution is 8.14. The fraction of sp³-hybridized carbons (Fsp3) is 0.857. The van der Waals surface area contributed by atoms with E-state index in [0.717, 1.165) is 16.7 Å². The molecule has 1 atom stereocenters. The second kappa shape index (κ2) is 2.55. The van der Waals surface area contributed by atoms with Crippen LogP contribution in [0.1, 0.15) is 6.42 Å². The second-order valence-electron chi connectivity index (χ2n) is 3.59. The van der Waals surface area contributed by atoms with Crippen LogP contribution in [0.25, 0.3) is 0 Å². The molecule has 0 saturated carbocycles. The third-order valence-electron chi connectivity index (χ3n) is 1.84. The van der Waals surface area contributed by atoms with Crippen molar-refractivity contribution in [3.63, 3.8) is 0 Å². The molecule has 1 aliphatic rings. The lowest BCUT2D eigenvalue weighted by Crippen LogP contribution is -2.46. The van der Waals surface area contributed by atoms with Crippen molar-refractivity contribution in [2.75, 3.05) is 26.9 Å². The van der Waals surface area contributed by atoms with E-state index in [1.54, 1.807) is 0 Å². The van der Waals surface area contributed by atoms with Gasteiger partial charge in [0.25, 0.3) is 0 Å². The van der Waals surface area contributed by atoms with Crippen LogP contribution in [0, 0.1) is 0 Å². The molecule has 1 aliphatic heterocycles. The number of hydrogen-bond acceptors (Lipinski definition) is 2. The summed E-state index contributed by atoms with van der Waals surface area (Å²) in [6.45, 7) is 0. The van der Waals surface area contributed by atoms with E-state index in [2.05, 4.69) is 21.1 Å². The lowest BCUT2D eigenvalue weighted by molar-refractivity contribution is -0.885. The van der Waals surface area contributed by atoms with Crippen LogP contribution in [0.2, 0.25) is 0 Å². The molecule has 0 N–H and O–H groups in total. The first-order valence-electron chi connectivity index (χ1n) is 3.49. The minimum Gasteiger partial charge on any atom is -0.322 e. The van der Waals surface area contributed by atoms with Gasteiger partial charge in [0, 0.05) is 12.2 Å². The van der Waals surface area contributed by atoms with E-state index in [4.69, 9.17) is 0 Å². The van der Waals surface area contributed by atoms with E-state index in [1.165, 1.54) is 11.8 Å². The predicted molar refractivity (Wildman–Crippen MR) is 43.9 cm³/mol. The molecule has 1 fully saturated rings. The standard InChI is InChI=1S/C7H14NOS/c1-8(2,3)6-4-5-10-7(6)9/h6H,4-5H2,1-3H3/q+1. The van der Waals surface area contributed by atoms with Gasteiger partial charge in [0.05, 0.1) is 21.1 Å². The Hall–Kier alpha value is -0.0200. The Morgan fingerprint density at radius 1 is 1.50 bits per heavy atom. The van der Waals surface area contributed by atoms with Gasteiger partial charge in [-0.2, -0.15) is 0 Å². The summed E-state index contributed by atoms with van der Waals surface area (Å²) in [6.07, 6.45) is 1.05. The van der Waals surface area contributed by atoms with Crippen LogP contribution in [-0.4, -0.2) is 42.5 Å². The average molecular weight is 160 g/mol. The van der Waals surface area contributed by atoms with Crippen LogP contribution in [0.3, 0.4) is 0 Å². The van der Waals surface area contributed by atoms with Crippen molar-refractivity contribution < 1.29 is 9.28 Å². The number of rotatable bonds is 1. The summed E-state index contributed by atoms with van der Waals surface area (Å²) in [5.74, 6) is 1.01. The Morgan fingerprint density at radius 3 is 2.30 bits per heavy atom. The Bertz CT molecular complexity index is 150. The van der Waals surface area contributed by atoms with Crippen molar-refractivity contribution in [1.29, 1.82) is 0 Å². The summed E-state index contributed by atoms with van der Waals surface area (Å²) >= 11 is 1.48. The molecular weight excluding hydrogens is 146 g/mol.